The van der Waals surface area contributed by atoms with Gasteiger partial charge in [0.1, 0.15) is 0 Å². The van der Waals surface area contributed by atoms with E-state index in [-0.39, 0.29) is 11.5 Å². The molecule has 1 amide bonds. The fourth-order valence-corrected chi connectivity index (χ4v) is 5.22. The van der Waals surface area contributed by atoms with Crippen LogP contribution in [0.2, 0.25) is 0 Å². The van der Waals surface area contributed by atoms with E-state index in [4.69, 9.17) is 19.4 Å². The second-order valence-corrected chi connectivity index (χ2v) is 9.49. The number of aliphatic carboxylic acids is 1. The second kappa shape index (κ2) is 11.1. The van der Waals surface area contributed by atoms with Crippen LogP contribution >= 0.6 is 0 Å². The first kappa shape index (κ1) is 26.3. The molecule has 0 radical (unpaired) electrons. The number of carbonyl (C=O) groups is 2. The molecule has 8 nitrogen and oxygen atoms in total. The quantitative estimate of drug-likeness (QED) is 0.679. The highest BCUT2D eigenvalue weighted by atomic mass is 19.4. The van der Waals surface area contributed by atoms with Gasteiger partial charge in [-0.25, -0.2) is 4.79 Å². The third-order valence-corrected chi connectivity index (χ3v) is 6.85. The van der Waals surface area contributed by atoms with Crippen LogP contribution in [-0.2, 0) is 14.3 Å². The number of carboxylic acid groups (broad SMARTS) is 1. The summed E-state index contributed by atoms with van der Waals surface area (Å²) in [5.41, 5.74) is 1.44. The Bertz CT molecular complexity index is 1070. The largest absolute Gasteiger partial charge is 0.490 e. The maximum Gasteiger partial charge on any atom is 0.490 e. The topological polar surface area (TPSA) is 92.2 Å². The van der Waals surface area contributed by atoms with Crippen LogP contribution in [0.3, 0.4) is 0 Å². The smallest absolute Gasteiger partial charge is 0.475 e. The van der Waals surface area contributed by atoms with Crippen molar-refractivity contribution < 1.29 is 37.3 Å². The highest BCUT2D eigenvalue weighted by molar-refractivity contribution is 6.06. The predicted molar refractivity (Wildman–Crippen MR) is 125 cm³/mol. The van der Waals surface area contributed by atoms with E-state index in [1.807, 2.05) is 35.2 Å². The molecular formula is C25H30F3N3O5. The Morgan fingerprint density at radius 3 is 2.61 bits per heavy atom. The lowest BCUT2D eigenvalue weighted by Crippen LogP contribution is -2.50. The number of nitrogens with zero attached hydrogens (tertiary/aromatic N) is 3. The highest BCUT2D eigenvalue weighted by Crippen LogP contribution is 2.38. The number of likely N-dealkylation sites (tertiary alicyclic amines) is 1. The van der Waals surface area contributed by atoms with Crippen LogP contribution in [0.5, 0.6) is 0 Å². The Morgan fingerprint density at radius 1 is 1.14 bits per heavy atom. The van der Waals surface area contributed by atoms with Gasteiger partial charge in [0.05, 0.1) is 30.9 Å². The molecule has 1 aromatic carbocycles. The lowest BCUT2D eigenvalue weighted by molar-refractivity contribution is -0.192. The number of rotatable bonds is 3. The molecule has 5 rings (SSSR count). The van der Waals surface area contributed by atoms with E-state index < -0.39 is 12.1 Å². The lowest BCUT2D eigenvalue weighted by Gasteiger charge is -2.40. The van der Waals surface area contributed by atoms with Gasteiger partial charge in [-0.3, -0.25) is 14.7 Å². The van der Waals surface area contributed by atoms with Crippen LogP contribution in [0, 0.1) is 5.92 Å². The standard InChI is InChI=1S/C23H29N3O3.C2HF3O2/c27-22(20-4-1-6-21-19(20)5-2-8-24-21)26-9-3-7-23(17-26)14-18(16-29-23)15-25-10-12-28-13-11-25;3-2(4,5)1(6)7/h1-2,4-6,8,18H,3,7,9-17H2;(H,6,7). The number of halogens is 3. The number of pyridine rings is 1. The molecule has 36 heavy (non-hydrogen) atoms. The number of benzene rings is 1. The molecule has 0 saturated carbocycles. The van der Waals surface area contributed by atoms with Crippen LogP contribution in [-0.4, -0.2) is 96.1 Å². The van der Waals surface area contributed by atoms with Gasteiger partial charge in [0.2, 0.25) is 0 Å². The first-order chi connectivity index (χ1) is 17.2. The zero-order valence-electron chi connectivity index (χ0n) is 19.9. The van der Waals surface area contributed by atoms with Crippen molar-refractivity contribution in [2.24, 2.45) is 5.92 Å². The van der Waals surface area contributed by atoms with E-state index in [0.717, 1.165) is 81.7 Å². The fourth-order valence-electron chi connectivity index (χ4n) is 5.22. The van der Waals surface area contributed by atoms with Crippen molar-refractivity contribution >= 4 is 22.8 Å². The maximum atomic E-state index is 13.4. The van der Waals surface area contributed by atoms with Gasteiger partial charge in [0, 0.05) is 49.9 Å². The van der Waals surface area contributed by atoms with Crippen LogP contribution in [0.15, 0.2) is 36.5 Å². The summed E-state index contributed by atoms with van der Waals surface area (Å²) < 4.78 is 43.6. The summed E-state index contributed by atoms with van der Waals surface area (Å²) in [6.45, 7) is 7.08. The molecular weight excluding hydrogens is 479 g/mol. The van der Waals surface area contributed by atoms with Crippen LogP contribution < -0.4 is 0 Å². The van der Waals surface area contributed by atoms with Gasteiger partial charge in [-0.1, -0.05) is 12.1 Å². The molecule has 1 aromatic heterocycles. The number of hydrogen-bond acceptors (Lipinski definition) is 6. The number of alkyl halides is 3. The average molecular weight is 510 g/mol. The van der Waals surface area contributed by atoms with E-state index in [1.165, 1.54) is 0 Å². The number of piperidine rings is 1. The Hall–Kier alpha value is -2.76. The molecule has 2 unspecified atom stereocenters. The zero-order valence-corrected chi connectivity index (χ0v) is 19.9. The summed E-state index contributed by atoms with van der Waals surface area (Å²) in [5.74, 6) is -2.11. The van der Waals surface area contributed by atoms with Gasteiger partial charge in [-0.15, -0.1) is 0 Å². The van der Waals surface area contributed by atoms with Gasteiger partial charge in [0.15, 0.2) is 0 Å². The molecule has 1 N–H and O–H groups in total. The van der Waals surface area contributed by atoms with E-state index >= 15 is 0 Å². The Labute approximate surface area is 207 Å². The average Bonchev–Trinajstić information content (AvgIpc) is 3.24. The summed E-state index contributed by atoms with van der Waals surface area (Å²) in [5, 5.41) is 8.05. The van der Waals surface area contributed by atoms with Gasteiger partial charge in [-0.05, 0) is 43.4 Å². The summed E-state index contributed by atoms with van der Waals surface area (Å²) in [4.78, 5) is 31.2. The van der Waals surface area contributed by atoms with Crippen molar-refractivity contribution in [3.63, 3.8) is 0 Å². The molecule has 3 aliphatic heterocycles. The molecule has 196 valence electrons. The Kier molecular flexibility index (Phi) is 8.11. The predicted octanol–water partition coefficient (Wildman–Crippen LogP) is 3.21. The van der Waals surface area contributed by atoms with Crippen LogP contribution in [0.1, 0.15) is 29.6 Å². The minimum atomic E-state index is -5.08. The number of morpholine rings is 1. The number of amides is 1. The summed E-state index contributed by atoms with van der Waals surface area (Å²) >= 11 is 0. The molecule has 0 bridgehead atoms. The van der Waals surface area contributed by atoms with E-state index in [1.54, 1.807) is 6.20 Å². The minimum absolute atomic E-state index is 0.0999. The molecule has 2 atom stereocenters. The van der Waals surface area contributed by atoms with Crippen molar-refractivity contribution in [2.45, 2.75) is 31.0 Å². The number of fused-ring (bicyclic) bond motifs is 1. The molecule has 4 heterocycles. The van der Waals surface area contributed by atoms with Gasteiger partial charge in [-0.2, -0.15) is 13.2 Å². The fraction of sp³-hybridized carbons (Fsp3) is 0.560. The third-order valence-electron chi connectivity index (χ3n) is 6.85. The van der Waals surface area contributed by atoms with Crippen LogP contribution in [0.4, 0.5) is 13.2 Å². The maximum absolute atomic E-state index is 13.4. The van der Waals surface area contributed by atoms with Crippen LogP contribution in [0.25, 0.3) is 10.9 Å². The van der Waals surface area contributed by atoms with Crippen molar-refractivity contribution in [1.82, 2.24) is 14.8 Å². The van der Waals surface area contributed by atoms with Gasteiger partial charge in [0.25, 0.3) is 5.91 Å². The molecule has 1 spiro atoms. The Morgan fingerprint density at radius 2 is 1.89 bits per heavy atom. The van der Waals surface area contributed by atoms with Gasteiger partial charge >= 0.3 is 12.1 Å². The van der Waals surface area contributed by atoms with Gasteiger partial charge < -0.3 is 19.5 Å². The lowest BCUT2D eigenvalue weighted by atomic mass is 9.86. The van der Waals surface area contributed by atoms with E-state index in [0.29, 0.717) is 12.5 Å². The number of carbonyl (C=O) groups excluding carboxylic acids is 1. The molecule has 3 fully saturated rings. The SMILES string of the molecule is O=C(O)C(F)(F)F.O=C(c1cccc2ncccc12)N1CCCC2(CC(CN3CCOCC3)CO2)C1. The molecule has 2 aromatic rings. The first-order valence-electron chi connectivity index (χ1n) is 12.0. The second-order valence-electron chi connectivity index (χ2n) is 9.49. The van der Waals surface area contributed by atoms with E-state index in [9.17, 15) is 18.0 Å². The highest BCUT2D eigenvalue weighted by Gasteiger charge is 2.45. The van der Waals surface area contributed by atoms with Crippen molar-refractivity contribution in [1.29, 1.82) is 0 Å². The number of hydrogen-bond donors (Lipinski definition) is 1. The monoisotopic (exact) mass is 509 g/mol. The molecule has 0 aliphatic carbocycles. The number of aromatic nitrogens is 1. The van der Waals surface area contributed by atoms with Crippen molar-refractivity contribution in [3.8, 4) is 0 Å². The van der Waals surface area contributed by atoms with E-state index in [2.05, 4.69) is 9.88 Å². The summed E-state index contributed by atoms with van der Waals surface area (Å²) in [6, 6.07) is 9.68. The van der Waals surface area contributed by atoms with Crippen molar-refractivity contribution in [3.05, 3.63) is 42.1 Å². The summed E-state index contributed by atoms with van der Waals surface area (Å²) in [7, 11) is 0. The number of ether oxygens (including phenoxy) is 2. The third kappa shape index (κ3) is 6.32. The Balaban J connectivity index is 0.000000384. The molecule has 11 heteroatoms. The summed E-state index contributed by atoms with van der Waals surface area (Å²) in [6.07, 6.45) is -0.217. The first-order valence-corrected chi connectivity index (χ1v) is 12.0. The molecule has 3 saturated heterocycles. The van der Waals surface area contributed by atoms with Crippen molar-refractivity contribution in [2.75, 3.05) is 52.5 Å². The molecule has 3 aliphatic rings. The zero-order chi connectivity index (χ0) is 25.8. The normalized spacial score (nSPS) is 25.0. The minimum Gasteiger partial charge on any atom is -0.475 e. The number of carboxylic acids is 1.